The molecule has 2 aromatic carbocycles. The summed E-state index contributed by atoms with van der Waals surface area (Å²) < 4.78 is 18.0. The quantitative estimate of drug-likeness (QED) is 0.426. The molecule has 29 heavy (non-hydrogen) atoms. The summed E-state index contributed by atoms with van der Waals surface area (Å²) in [5, 5.41) is 5.64. The van der Waals surface area contributed by atoms with Crippen LogP contribution in [0.25, 0.3) is 0 Å². The zero-order chi connectivity index (χ0) is 21.4. The maximum absolute atomic E-state index is 12.9. The normalized spacial score (nSPS) is 11.3. The first-order valence-corrected chi connectivity index (χ1v) is 9.28. The predicted molar refractivity (Wildman–Crippen MR) is 113 cm³/mol. The molecule has 2 rings (SSSR count). The van der Waals surface area contributed by atoms with E-state index in [1.807, 2.05) is 13.8 Å². The van der Waals surface area contributed by atoms with E-state index in [1.54, 1.807) is 24.3 Å². The van der Waals surface area contributed by atoms with Crippen molar-refractivity contribution >= 4 is 34.8 Å². The number of hydrazine groups is 1. The lowest BCUT2D eigenvalue weighted by atomic mass is 10.0. The topological polar surface area (TPSA) is 91.5 Å². The van der Waals surface area contributed by atoms with Crippen molar-refractivity contribution in [3.8, 4) is 5.75 Å². The van der Waals surface area contributed by atoms with Crippen LogP contribution in [0.15, 0.2) is 48.5 Å². The molecule has 0 saturated carbocycles. The minimum atomic E-state index is -0.786. The summed E-state index contributed by atoms with van der Waals surface area (Å²) in [7, 11) is 1.54. The van der Waals surface area contributed by atoms with Crippen LogP contribution in [-0.2, 0) is 4.79 Å². The molecule has 7 nitrogen and oxygen atoms in total. The van der Waals surface area contributed by atoms with Crippen LogP contribution in [0.2, 0.25) is 0 Å². The van der Waals surface area contributed by atoms with Crippen LogP contribution in [0, 0.1) is 11.7 Å². The van der Waals surface area contributed by atoms with E-state index in [0.717, 1.165) is 0 Å². The zero-order valence-electron chi connectivity index (χ0n) is 16.3. The summed E-state index contributed by atoms with van der Waals surface area (Å²) in [6.45, 7) is 3.63. The van der Waals surface area contributed by atoms with Crippen molar-refractivity contribution in [1.82, 2.24) is 16.2 Å². The van der Waals surface area contributed by atoms with Gasteiger partial charge >= 0.3 is 0 Å². The number of hydrogen-bond acceptors (Lipinski definition) is 4. The average molecular weight is 418 g/mol. The molecule has 0 saturated heterocycles. The molecule has 9 heteroatoms. The Hall–Kier alpha value is -3.20. The predicted octanol–water partition coefficient (Wildman–Crippen LogP) is 2.61. The molecule has 0 radical (unpaired) electrons. The van der Waals surface area contributed by atoms with Gasteiger partial charge in [-0.05, 0) is 66.7 Å². The highest BCUT2D eigenvalue weighted by molar-refractivity contribution is 7.80. The molecule has 2 amide bonds. The molecule has 0 heterocycles. The van der Waals surface area contributed by atoms with Crippen LogP contribution in [-0.4, -0.2) is 30.1 Å². The lowest BCUT2D eigenvalue weighted by Gasteiger charge is -2.22. The van der Waals surface area contributed by atoms with Gasteiger partial charge in [0.25, 0.3) is 11.8 Å². The van der Waals surface area contributed by atoms with Gasteiger partial charge in [0.05, 0.1) is 7.11 Å². The lowest BCUT2D eigenvalue weighted by Crippen LogP contribution is -2.54. The maximum Gasteiger partial charge on any atom is 0.261 e. The van der Waals surface area contributed by atoms with Crippen molar-refractivity contribution in [3.63, 3.8) is 0 Å². The van der Waals surface area contributed by atoms with Gasteiger partial charge in [-0.2, -0.15) is 0 Å². The molecular weight excluding hydrogens is 395 g/mol. The Morgan fingerprint density at radius 3 is 2.17 bits per heavy atom. The minimum absolute atomic E-state index is 0.119. The van der Waals surface area contributed by atoms with E-state index in [-0.39, 0.29) is 22.8 Å². The van der Waals surface area contributed by atoms with Crippen molar-refractivity contribution in [2.75, 3.05) is 12.4 Å². The fraction of sp³-hybridized carbons (Fsp3) is 0.250. The first-order valence-electron chi connectivity index (χ1n) is 8.87. The Labute approximate surface area is 174 Å². The number of methoxy groups -OCH3 is 1. The number of amides is 2. The number of benzene rings is 2. The number of hydrogen-bond donors (Lipinski definition) is 4. The van der Waals surface area contributed by atoms with Gasteiger partial charge in [0.1, 0.15) is 17.6 Å². The molecule has 0 fully saturated rings. The third-order valence-electron chi connectivity index (χ3n) is 3.99. The highest BCUT2D eigenvalue weighted by Crippen LogP contribution is 2.12. The average Bonchev–Trinajstić information content (AvgIpc) is 2.71. The van der Waals surface area contributed by atoms with Gasteiger partial charge < -0.3 is 15.4 Å². The van der Waals surface area contributed by atoms with Crippen molar-refractivity contribution in [1.29, 1.82) is 0 Å². The Morgan fingerprint density at radius 2 is 1.62 bits per heavy atom. The number of rotatable bonds is 6. The molecule has 154 valence electrons. The Bertz CT molecular complexity index is 857. The van der Waals surface area contributed by atoms with Crippen molar-refractivity contribution < 1.29 is 18.7 Å². The second kappa shape index (κ2) is 10.4. The Morgan fingerprint density at radius 1 is 1.00 bits per heavy atom. The molecular formula is C20H23FN4O3S. The van der Waals surface area contributed by atoms with Gasteiger partial charge in [-0.1, -0.05) is 13.8 Å². The van der Waals surface area contributed by atoms with E-state index >= 15 is 0 Å². The molecule has 0 aliphatic heterocycles. The summed E-state index contributed by atoms with van der Waals surface area (Å²) in [4.78, 5) is 25.0. The number of thiocarbonyl (C=S) groups is 1. The molecule has 0 spiro atoms. The third-order valence-corrected chi connectivity index (χ3v) is 4.19. The van der Waals surface area contributed by atoms with Gasteiger partial charge in [0, 0.05) is 11.3 Å². The first-order chi connectivity index (χ1) is 13.8. The number of carbonyl (C=O) groups is 2. The number of anilines is 1. The molecule has 0 aliphatic rings. The number of ether oxygens (including phenoxy) is 1. The second-order valence-electron chi connectivity index (χ2n) is 6.50. The molecule has 0 aromatic heterocycles. The molecule has 0 aliphatic carbocycles. The lowest BCUT2D eigenvalue weighted by molar-refractivity contribution is -0.124. The van der Waals surface area contributed by atoms with E-state index in [9.17, 15) is 14.0 Å². The van der Waals surface area contributed by atoms with Crippen LogP contribution < -0.4 is 26.2 Å². The minimum Gasteiger partial charge on any atom is -0.497 e. The first kappa shape index (κ1) is 22.1. The summed E-state index contributed by atoms with van der Waals surface area (Å²) >= 11 is 5.10. The molecule has 1 atom stereocenters. The number of nitrogens with one attached hydrogen (secondary N) is 4. The summed E-state index contributed by atoms with van der Waals surface area (Å²) in [6.07, 6.45) is 0. The molecule has 4 N–H and O–H groups in total. The van der Waals surface area contributed by atoms with E-state index in [1.165, 1.54) is 31.4 Å². The number of carbonyl (C=O) groups excluding carboxylic acids is 2. The highest BCUT2D eigenvalue weighted by atomic mass is 32.1. The van der Waals surface area contributed by atoms with E-state index in [4.69, 9.17) is 17.0 Å². The van der Waals surface area contributed by atoms with Crippen LogP contribution in [0.1, 0.15) is 24.2 Å². The fourth-order valence-electron chi connectivity index (χ4n) is 2.39. The monoisotopic (exact) mass is 418 g/mol. The van der Waals surface area contributed by atoms with Gasteiger partial charge in [0.2, 0.25) is 0 Å². The van der Waals surface area contributed by atoms with Crippen LogP contribution in [0.5, 0.6) is 5.75 Å². The molecule has 0 bridgehead atoms. The maximum atomic E-state index is 12.9. The summed E-state index contributed by atoms with van der Waals surface area (Å²) in [6, 6.07) is 11.4. The number of halogens is 1. The van der Waals surface area contributed by atoms with E-state index in [2.05, 4.69) is 21.5 Å². The summed E-state index contributed by atoms with van der Waals surface area (Å²) in [5.41, 5.74) is 6.01. The zero-order valence-corrected chi connectivity index (χ0v) is 17.1. The fourth-order valence-corrected chi connectivity index (χ4v) is 2.56. The van der Waals surface area contributed by atoms with Crippen LogP contribution in [0.4, 0.5) is 10.1 Å². The van der Waals surface area contributed by atoms with Gasteiger partial charge in [0.15, 0.2) is 5.11 Å². The van der Waals surface area contributed by atoms with Crippen LogP contribution in [0.3, 0.4) is 0 Å². The smallest absolute Gasteiger partial charge is 0.261 e. The highest BCUT2D eigenvalue weighted by Gasteiger charge is 2.24. The Balaban J connectivity index is 1.91. The molecule has 2 aromatic rings. The van der Waals surface area contributed by atoms with Gasteiger partial charge in [-0.25, -0.2) is 4.39 Å². The standard InChI is InChI=1S/C20H23FN4O3S/c1-12(2)17(23-18(26)13-4-10-16(28-3)11-5-13)19(27)24-25-20(29)22-15-8-6-14(21)7-9-15/h4-12,17H,1-3H3,(H,23,26)(H,24,27)(H2,22,25,29)/t17-/m0/s1. The van der Waals surface area contributed by atoms with Crippen LogP contribution >= 0.6 is 12.2 Å². The van der Waals surface area contributed by atoms with E-state index in [0.29, 0.717) is 17.0 Å². The van der Waals surface area contributed by atoms with Crippen molar-refractivity contribution in [3.05, 3.63) is 59.9 Å². The second-order valence-corrected chi connectivity index (χ2v) is 6.91. The van der Waals surface area contributed by atoms with Crippen molar-refractivity contribution in [2.24, 2.45) is 5.92 Å². The molecule has 0 unspecified atom stereocenters. The Kier molecular flexibility index (Phi) is 7.90. The van der Waals surface area contributed by atoms with Crippen molar-refractivity contribution in [2.45, 2.75) is 19.9 Å². The SMILES string of the molecule is COc1ccc(C(=O)N[C@H](C(=O)NNC(=S)Nc2ccc(F)cc2)C(C)C)cc1. The largest absolute Gasteiger partial charge is 0.497 e. The van der Waals surface area contributed by atoms with Gasteiger partial charge in [-0.3, -0.25) is 20.4 Å². The third kappa shape index (κ3) is 6.72. The van der Waals surface area contributed by atoms with Gasteiger partial charge in [-0.15, -0.1) is 0 Å². The van der Waals surface area contributed by atoms with E-state index < -0.39 is 11.9 Å². The summed E-state index contributed by atoms with van der Waals surface area (Å²) in [5.74, 6) is -0.738.